The van der Waals surface area contributed by atoms with Gasteiger partial charge in [0.25, 0.3) is 5.91 Å². The van der Waals surface area contributed by atoms with Gasteiger partial charge >= 0.3 is 0 Å². The molecule has 2 N–H and O–H groups in total. The molecule has 1 amide bonds. The number of benzene rings is 1. The Morgan fingerprint density at radius 2 is 2.00 bits per heavy atom. The minimum absolute atomic E-state index is 0.130. The number of carbonyl (C=O) groups excluding carboxylic acids is 1. The predicted octanol–water partition coefficient (Wildman–Crippen LogP) is 2.47. The number of carbonyl (C=O) groups is 1. The number of hydrogen-bond acceptors (Lipinski definition) is 3. The highest BCUT2D eigenvalue weighted by atomic mass is 32.1. The smallest absolute Gasteiger partial charge is 0.261 e. The third-order valence-electron chi connectivity index (χ3n) is 2.97. The van der Waals surface area contributed by atoms with Crippen molar-refractivity contribution in [1.82, 2.24) is 5.32 Å². The standard InChI is InChI=1S/C15H17NO2S/c1-11(16-15(18)14-8-5-9-19-14)13(17)10-12-6-3-2-4-7-12/h2-9,11,13,17H,10H2,1H3,(H,16,18). The lowest BCUT2D eigenvalue weighted by Crippen LogP contribution is -2.41. The Kier molecular flexibility index (Phi) is 4.71. The van der Waals surface area contributed by atoms with E-state index in [0.29, 0.717) is 11.3 Å². The number of amides is 1. The lowest BCUT2D eigenvalue weighted by Gasteiger charge is -2.20. The Morgan fingerprint density at radius 3 is 2.63 bits per heavy atom. The Morgan fingerprint density at radius 1 is 1.26 bits per heavy atom. The molecule has 1 heterocycles. The average Bonchev–Trinajstić information content (AvgIpc) is 2.93. The summed E-state index contributed by atoms with van der Waals surface area (Å²) in [5.41, 5.74) is 1.06. The van der Waals surface area contributed by atoms with Crippen LogP contribution in [0.25, 0.3) is 0 Å². The zero-order valence-electron chi connectivity index (χ0n) is 10.7. The third kappa shape index (κ3) is 3.91. The van der Waals surface area contributed by atoms with Gasteiger partial charge in [-0.05, 0) is 23.9 Å². The normalized spacial score (nSPS) is 13.8. The van der Waals surface area contributed by atoms with Crippen LogP contribution in [0.1, 0.15) is 22.2 Å². The molecule has 2 rings (SSSR count). The van der Waals surface area contributed by atoms with Crippen LogP contribution in [0.3, 0.4) is 0 Å². The third-order valence-corrected chi connectivity index (χ3v) is 3.84. The molecule has 100 valence electrons. The minimum Gasteiger partial charge on any atom is -0.391 e. The molecule has 1 aromatic carbocycles. The van der Waals surface area contributed by atoms with Crippen molar-refractivity contribution in [2.45, 2.75) is 25.5 Å². The van der Waals surface area contributed by atoms with Crippen molar-refractivity contribution in [1.29, 1.82) is 0 Å². The molecular weight excluding hydrogens is 258 g/mol. The van der Waals surface area contributed by atoms with Gasteiger partial charge in [0.15, 0.2) is 0 Å². The van der Waals surface area contributed by atoms with Crippen LogP contribution in [0.15, 0.2) is 47.8 Å². The molecule has 0 aliphatic rings. The SMILES string of the molecule is CC(NC(=O)c1cccs1)C(O)Cc1ccccc1. The molecule has 2 atom stereocenters. The molecule has 3 nitrogen and oxygen atoms in total. The molecule has 2 unspecified atom stereocenters. The molecule has 4 heteroatoms. The number of nitrogens with one attached hydrogen (secondary N) is 1. The predicted molar refractivity (Wildman–Crippen MR) is 77.4 cm³/mol. The van der Waals surface area contributed by atoms with Gasteiger partial charge < -0.3 is 10.4 Å². The van der Waals surface area contributed by atoms with E-state index in [4.69, 9.17) is 0 Å². The van der Waals surface area contributed by atoms with E-state index < -0.39 is 6.10 Å². The van der Waals surface area contributed by atoms with Crippen LogP contribution in [-0.2, 0) is 6.42 Å². The molecule has 19 heavy (non-hydrogen) atoms. The van der Waals surface area contributed by atoms with E-state index in [0.717, 1.165) is 5.56 Å². The molecule has 1 aromatic heterocycles. The molecule has 0 spiro atoms. The van der Waals surface area contributed by atoms with Crippen molar-refractivity contribution in [3.63, 3.8) is 0 Å². The van der Waals surface area contributed by atoms with Crippen molar-refractivity contribution in [3.8, 4) is 0 Å². The highest BCUT2D eigenvalue weighted by Gasteiger charge is 2.18. The molecular formula is C15H17NO2S. The summed E-state index contributed by atoms with van der Waals surface area (Å²) in [6, 6.07) is 13.1. The Bertz CT molecular complexity index is 510. The summed E-state index contributed by atoms with van der Waals surface area (Å²) in [4.78, 5) is 12.5. The first-order valence-electron chi connectivity index (χ1n) is 6.23. The summed E-state index contributed by atoms with van der Waals surface area (Å²) >= 11 is 1.40. The Labute approximate surface area is 116 Å². The van der Waals surface area contributed by atoms with Crippen molar-refractivity contribution in [2.75, 3.05) is 0 Å². The van der Waals surface area contributed by atoms with E-state index in [2.05, 4.69) is 5.32 Å². The van der Waals surface area contributed by atoms with Crippen molar-refractivity contribution < 1.29 is 9.90 Å². The van der Waals surface area contributed by atoms with Gasteiger partial charge in [-0.3, -0.25) is 4.79 Å². The van der Waals surface area contributed by atoms with Gasteiger partial charge in [-0.2, -0.15) is 0 Å². The quantitative estimate of drug-likeness (QED) is 0.880. The summed E-state index contributed by atoms with van der Waals surface area (Å²) in [5.74, 6) is -0.130. The molecule has 0 saturated heterocycles. The van der Waals surface area contributed by atoms with Crippen LogP contribution in [0.4, 0.5) is 0 Å². The van der Waals surface area contributed by atoms with Gasteiger partial charge in [-0.15, -0.1) is 11.3 Å². The zero-order valence-corrected chi connectivity index (χ0v) is 11.6. The van der Waals surface area contributed by atoms with Gasteiger partial charge in [-0.1, -0.05) is 36.4 Å². The highest BCUT2D eigenvalue weighted by Crippen LogP contribution is 2.10. The molecule has 0 fully saturated rings. The summed E-state index contributed by atoms with van der Waals surface area (Å²) in [6.45, 7) is 1.82. The highest BCUT2D eigenvalue weighted by molar-refractivity contribution is 7.12. The first kappa shape index (κ1) is 13.8. The van der Waals surface area contributed by atoms with E-state index in [1.165, 1.54) is 11.3 Å². The number of hydrogen-bond donors (Lipinski definition) is 2. The number of aliphatic hydroxyl groups excluding tert-OH is 1. The average molecular weight is 275 g/mol. The number of aliphatic hydroxyl groups is 1. The second-order valence-electron chi connectivity index (χ2n) is 4.50. The largest absolute Gasteiger partial charge is 0.391 e. The van der Waals surface area contributed by atoms with Crippen LogP contribution < -0.4 is 5.32 Å². The molecule has 0 saturated carbocycles. The van der Waals surface area contributed by atoms with Crippen LogP contribution in [0.5, 0.6) is 0 Å². The summed E-state index contributed by atoms with van der Waals surface area (Å²) in [7, 11) is 0. The van der Waals surface area contributed by atoms with Crippen molar-refractivity contribution in [2.24, 2.45) is 0 Å². The Hall–Kier alpha value is -1.65. The fraction of sp³-hybridized carbons (Fsp3) is 0.267. The van der Waals surface area contributed by atoms with E-state index in [1.807, 2.05) is 48.7 Å². The van der Waals surface area contributed by atoms with Crippen LogP contribution in [0.2, 0.25) is 0 Å². The monoisotopic (exact) mass is 275 g/mol. The molecule has 0 aliphatic heterocycles. The fourth-order valence-electron chi connectivity index (χ4n) is 1.81. The number of thiophene rings is 1. The number of rotatable bonds is 5. The first-order valence-corrected chi connectivity index (χ1v) is 7.11. The van der Waals surface area contributed by atoms with E-state index >= 15 is 0 Å². The lowest BCUT2D eigenvalue weighted by molar-refractivity contribution is 0.0855. The molecule has 0 radical (unpaired) electrons. The second-order valence-corrected chi connectivity index (χ2v) is 5.44. The minimum atomic E-state index is -0.591. The summed E-state index contributed by atoms with van der Waals surface area (Å²) < 4.78 is 0. The molecule has 2 aromatic rings. The van der Waals surface area contributed by atoms with Crippen molar-refractivity contribution >= 4 is 17.2 Å². The topological polar surface area (TPSA) is 49.3 Å². The fourth-order valence-corrected chi connectivity index (χ4v) is 2.44. The van der Waals surface area contributed by atoms with Gasteiger partial charge in [0.2, 0.25) is 0 Å². The maximum Gasteiger partial charge on any atom is 0.261 e. The lowest BCUT2D eigenvalue weighted by atomic mass is 10.0. The second kappa shape index (κ2) is 6.50. The van der Waals surface area contributed by atoms with Gasteiger partial charge in [0.1, 0.15) is 0 Å². The van der Waals surface area contributed by atoms with Crippen LogP contribution in [0, 0.1) is 0 Å². The van der Waals surface area contributed by atoms with E-state index in [-0.39, 0.29) is 11.9 Å². The maximum absolute atomic E-state index is 11.9. The van der Waals surface area contributed by atoms with Gasteiger partial charge in [-0.25, -0.2) is 0 Å². The molecule has 0 bridgehead atoms. The van der Waals surface area contributed by atoms with Crippen LogP contribution >= 0.6 is 11.3 Å². The summed E-state index contributed by atoms with van der Waals surface area (Å²) in [6.07, 6.45) is -0.0569. The molecule has 0 aliphatic carbocycles. The van der Waals surface area contributed by atoms with E-state index in [1.54, 1.807) is 6.07 Å². The van der Waals surface area contributed by atoms with E-state index in [9.17, 15) is 9.90 Å². The van der Waals surface area contributed by atoms with Crippen molar-refractivity contribution in [3.05, 3.63) is 58.3 Å². The first-order chi connectivity index (χ1) is 9.16. The summed E-state index contributed by atoms with van der Waals surface area (Å²) in [5, 5.41) is 14.8. The van der Waals surface area contributed by atoms with Gasteiger partial charge in [0.05, 0.1) is 17.0 Å². The van der Waals surface area contributed by atoms with Crippen LogP contribution in [-0.4, -0.2) is 23.2 Å². The Balaban J connectivity index is 1.89. The van der Waals surface area contributed by atoms with Gasteiger partial charge in [0, 0.05) is 6.42 Å². The maximum atomic E-state index is 11.9. The zero-order chi connectivity index (χ0) is 13.7.